The zero-order chi connectivity index (χ0) is 15.9. The lowest BCUT2D eigenvalue weighted by atomic mass is 9.68. The first kappa shape index (κ1) is 15.3. The summed E-state index contributed by atoms with van der Waals surface area (Å²) in [5, 5.41) is 0. The van der Waals surface area contributed by atoms with Gasteiger partial charge in [-0.1, -0.05) is 0 Å². The third-order valence-electron chi connectivity index (χ3n) is 3.16. The second-order valence-electron chi connectivity index (χ2n) is 4.62. The first-order chi connectivity index (χ1) is 9.75. The number of hydrogen-bond acceptors (Lipinski definition) is 1. The van der Waals surface area contributed by atoms with Crippen molar-refractivity contribution in [3.05, 3.63) is 41.2 Å². The van der Waals surface area contributed by atoms with Gasteiger partial charge in [0.05, 0.1) is 19.7 Å². The molecule has 0 spiro atoms. The van der Waals surface area contributed by atoms with Gasteiger partial charge in [-0.05, 0) is 6.92 Å². The molecule has 2 rings (SSSR count). The maximum Gasteiger partial charge on any atom is 0.169 e. The molecular formula is C13H11BF4N2O. The van der Waals surface area contributed by atoms with Crippen molar-refractivity contribution in [1.29, 1.82) is 0 Å². The number of hydrogen-bond donors (Lipinski definition) is 0. The highest BCUT2D eigenvalue weighted by molar-refractivity contribution is 6.65. The van der Waals surface area contributed by atoms with Crippen molar-refractivity contribution in [1.82, 2.24) is 4.57 Å². The number of imidazole rings is 1. The molecule has 0 aliphatic carbocycles. The van der Waals surface area contributed by atoms with E-state index in [9.17, 15) is 22.4 Å². The Labute approximate surface area is 119 Å². The van der Waals surface area contributed by atoms with Gasteiger partial charge in [-0.2, -0.15) is 5.46 Å². The molecule has 2 aromatic rings. The molecule has 3 nitrogen and oxygen atoms in total. The molecule has 21 heavy (non-hydrogen) atoms. The molecule has 0 bridgehead atoms. The van der Waals surface area contributed by atoms with Crippen molar-refractivity contribution in [2.45, 2.75) is 6.92 Å². The van der Waals surface area contributed by atoms with Crippen LogP contribution in [0.4, 0.5) is 17.6 Å². The van der Waals surface area contributed by atoms with Crippen molar-refractivity contribution in [2.24, 2.45) is 14.1 Å². The average Bonchev–Trinajstić information content (AvgIpc) is 2.72. The van der Waals surface area contributed by atoms with Crippen LogP contribution in [-0.4, -0.2) is 17.6 Å². The molecule has 110 valence electrons. The maximum atomic E-state index is 13.9. The van der Waals surface area contributed by atoms with Gasteiger partial charge in [0.25, 0.3) is 0 Å². The van der Waals surface area contributed by atoms with Gasteiger partial charge in [0.15, 0.2) is 17.4 Å². The molecular weight excluding hydrogens is 287 g/mol. The molecule has 0 aliphatic rings. The third kappa shape index (κ3) is 2.45. The molecule has 1 aromatic carbocycles. The van der Waals surface area contributed by atoms with Crippen LogP contribution in [0.3, 0.4) is 0 Å². The minimum absolute atomic E-state index is 0.321. The Morgan fingerprint density at radius 1 is 1.14 bits per heavy atom. The normalized spacial score (nSPS) is 11.0. The molecule has 0 aliphatic heterocycles. The predicted molar refractivity (Wildman–Crippen MR) is 67.9 cm³/mol. The fourth-order valence-electron chi connectivity index (χ4n) is 2.02. The van der Waals surface area contributed by atoms with Crippen LogP contribution in [0.1, 0.15) is 17.3 Å². The van der Waals surface area contributed by atoms with Crippen molar-refractivity contribution >= 4 is 24.2 Å². The Morgan fingerprint density at radius 3 is 2.05 bits per heavy atom. The van der Waals surface area contributed by atoms with Crippen LogP contribution in [-0.2, 0) is 14.1 Å². The van der Waals surface area contributed by atoms with Crippen LogP contribution < -0.4 is 15.8 Å². The molecule has 0 saturated heterocycles. The molecule has 1 heterocycles. The lowest BCUT2D eigenvalue weighted by Crippen LogP contribution is -2.54. The molecule has 0 fully saturated rings. The number of nitrogens with zero attached hydrogens (tertiary/aromatic N) is 2. The van der Waals surface area contributed by atoms with E-state index in [-0.39, 0.29) is 0 Å². The number of aryl methyl sites for hydroxylation is 2. The van der Waals surface area contributed by atoms with Gasteiger partial charge in [-0.15, -0.1) is 7.28 Å². The van der Waals surface area contributed by atoms with Crippen LogP contribution >= 0.6 is 0 Å². The molecule has 2 radical (unpaired) electrons. The van der Waals surface area contributed by atoms with Crippen LogP contribution in [0.2, 0.25) is 0 Å². The number of ketones is 1. The quantitative estimate of drug-likeness (QED) is 0.262. The molecule has 0 unspecified atom stereocenters. The van der Waals surface area contributed by atoms with E-state index < -0.39 is 40.1 Å². The van der Waals surface area contributed by atoms with Crippen LogP contribution in [0.5, 0.6) is 0 Å². The van der Waals surface area contributed by atoms with E-state index in [4.69, 9.17) is 0 Å². The number of halogens is 4. The molecule has 0 amide bonds. The lowest BCUT2D eigenvalue weighted by molar-refractivity contribution is -0.652. The third-order valence-corrected chi connectivity index (χ3v) is 3.16. The van der Waals surface area contributed by atoms with Crippen LogP contribution in [0, 0.1) is 23.3 Å². The second kappa shape index (κ2) is 5.35. The lowest BCUT2D eigenvalue weighted by Gasteiger charge is -2.19. The minimum atomic E-state index is -1.69. The van der Waals surface area contributed by atoms with Gasteiger partial charge >= 0.3 is 0 Å². The number of aromatic nitrogens is 2. The highest BCUT2D eigenvalue weighted by atomic mass is 19.2. The summed E-state index contributed by atoms with van der Waals surface area (Å²) in [6, 6.07) is 0. The summed E-state index contributed by atoms with van der Waals surface area (Å²) in [7, 11) is 4.19. The number of rotatable bonds is 3. The second-order valence-corrected chi connectivity index (χ2v) is 4.62. The van der Waals surface area contributed by atoms with Crippen LogP contribution in [0.25, 0.3) is 0 Å². The van der Waals surface area contributed by atoms with Gasteiger partial charge in [-0.25, -0.2) is 17.6 Å². The molecule has 1 aromatic heterocycles. The number of carbonyl (C=O) groups is 1. The smallest absolute Gasteiger partial charge is 0.169 e. The van der Waals surface area contributed by atoms with E-state index in [0.29, 0.717) is 5.72 Å². The first-order valence-corrected chi connectivity index (χ1v) is 5.98. The van der Waals surface area contributed by atoms with Crippen molar-refractivity contribution in [2.75, 3.05) is 0 Å². The van der Waals surface area contributed by atoms with E-state index in [1.807, 2.05) is 0 Å². The SMILES string of the molecule is CC(=O)c1c(F)c(F)c([B-]c2n(C)cc[n+]2C)c(F)c1F. The summed E-state index contributed by atoms with van der Waals surface area (Å²) in [4.78, 5) is 11.1. The van der Waals surface area contributed by atoms with Gasteiger partial charge in [0.2, 0.25) is 0 Å². The Morgan fingerprint density at radius 2 is 1.67 bits per heavy atom. The number of benzene rings is 1. The molecule has 0 atom stereocenters. The van der Waals surface area contributed by atoms with E-state index in [2.05, 4.69) is 0 Å². The number of Topliss-reactive ketones (excluding diaryl/α,β-unsaturated/α-hetero) is 1. The maximum absolute atomic E-state index is 13.9. The Bertz CT molecular complexity index is 694. The fourth-order valence-corrected chi connectivity index (χ4v) is 2.02. The Balaban J connectivity index is 2.64. The number of carbonyl (C=O) groups excluding carboxylic acids is 1. The van der Waals surface area contributed by atoms with E-state index in [0.717, 1.165) is 14.2 Å². The summed E-state index contributed by atoms with van der Waals surface area (Å²) in [6.45, 7) is 0.834. The highest BCUT2D eigenvalue weighted by Crippen LogP contribution is 2.18. The first-order valence-electron chi connectivity index (χ1n) is 5.98. The van der Waals surface area contributed by atoms with E-state index in [1.165, 1.54) is 9.13 Å². The van der Waals surface area contributed by atoms with Gasteiger partial charge in [0, 0.05) is 5.72 Å². The van der Waals surface area contributed by atoms with Gasteiger partial charge < -0.3 is 0 Å². The zero-order valence-corrected chi connectivity index (χ0v) is 11.5. The fraction of sp³-hybridized carbons (Fsp3) is 0.231. The highest BCUT2D eigenvalue weighted by Gasteiger charge is 2.23. The van der Waals surface area contributed by atoms with Gasteiger partial charge in [-0.3, -0.25) is 13.9 Å². The standard InChI is InChI=1S/C13H11BF4N2O/c1-6(21)7-9(15)11(17)8(12(18)10(7)16)14-13-19(2)4-5-20(13)3/h4-5H,1-3H3. The Hall–Kier alpha value is -2.12. The topological polar surface area (TPSA) is 25.9 Å². The van der Waals surface area contributed by atoms with Crippen molar-refractivity contribution < 1.29 is 26.9 Å². The summed E-state index contributed by atoms with van der Waals surface area (Å²) in [6.07, 6.45) is 3.22. The van der Waals surface area contributed by atoms with Crippen LogP contribution in [0.15, 0.2) is 12.4 Å². The van der Waals surface area contributed by atoms with Gasteiger partial charge in [0.1, 0.15) is 24.0 Å². The zero-order valence-electron chi connectivity index (χ0n) is 11.5. The summed E-state index contributed by atoms with van der Waals surface area (Å²) >= 11 is 0. The van der Waals surface area contributed by atoms with E-state index >= 15 is 0 Å². The molecule has 8 heteroatoms. The summed E-state index contributed by atoms with van der Waals surface area (Å²) < 4.78 is 58.4. The minimum Gasteiger partial charge on any atom is -0.294 e. The summed E-state index contributed by atoms with van der Waals surface area (Å²) in [5.41, 5.74) is -1.76. The van der Waals surface area contributed by atoms with Crippen molar-refractivity contribution in [3.8, 4) is 0 Å². The monoisotopic (exact) mass is 298 g/mol. The van der Waals surface area contributed by atoms with Crippen molar-refractivity contribution in [3.63, 3.8) is 0 Å². The average molecular weight is 298 g/mol. The van der Waals surface area contributed by atoms with E-state index in [1.54, 1.807) is 26.5 Å². The Kier molecular flexibility index (Phi) is 3.89. The predicted octanol–water partition coefficient (Wildman–Crippen LogP) is 0.264. The largest absolute Gasteiger partial charge is 0.294 e. The molecule has 0 saturated carbocycles. The molecule has 0 N–H and O–H groups in total. The summed E-state index contributed by atoms with van der Waals surface area (Å²) in [5.74, 6) is -7.66.